The lowest BCUT2D eigenvalue weighted by molar-refractivity contribution is -0.136. The molecule has 1 aliphatic heterocycles. The number of benzene rings is 1. The Morgan fingerprint density at radius 3 is 2.44 bits per heavy atom. The van der Waals surface area contributed by atoms with Crippen LogP contribution < -0.4 is 15.4 Å². The van der Waals surface area contributed by atoms with Gasteiger partial charge in [-0.2, -0.15) is 13.2 Å². The van der Waals surface area contributed by atoms with Crippen molar-refractivity contribution in [1.29, 1.82) is 0 Å². The van der Waals surface area contributed by atoms with Crippen LogP contribution in [0.15, 0.2) is 30.6 Å². The minimum absolute atomic E-state index is 0.179. The molecule has 0 bridgehead atoms. The predicted molar refractivity (Wildman–Crippen MR) is 119 cm³/mol. The second-order valence-corrected chi connectivity index (χ2v) is 8.10. The number of halogens is 5. The molecule has 0 aliphatic carbocycles. The number of nitrogens with one attached hydrogen (secondary N) is 3. The van der Waals surface area contributed by atoms with E-state index in [1.807, 2.05) is 7.05 Å². The molecule has 2 aromatic heterocycles. The Kier molecular flexibility index (Phi) is 6.97. The zero-order valence-electron chi connectivity index (χ0n) is 18.9. The molecule has 1 saturated heterocycles. The van der Waals surface area contributed by atoms with Crippen molar-refractivity contribution >= 4 is 28.7 Å². The van der Waals surface area contributed by atoms with Gasteiger partial charge in [0.05, 0.1) is 17.5 Å². The molecule has 0 unspecified atom stereocenters. The summed E-state index contributed by atoms with van der Waals surface area (Å²) < 4.78 is 74.4. The van der Waals surface area contributed by atoms with Crippen LogP contribution in [-0.2, 0) is 11.0 Å². The minimum atomic E-state index is -4.76. The number of nitrogens with zero attached hydrogens (tertiary/aromatic N) is 3. The maximum absolute atomic E-state index is 14.6. The molecule has 1 fully saturated rings. The van der Waals surface area contributed by atoms with Crippen LogP contribution in [-0.4, -0.2) is 71.5 Å². The number of urea groups is 1. The third kappa shape index (κ3) is 5.48. The number of aromatic amines is 1. The number of anilines is 1. The summed E-state index contributed by atoms with van der Waals surface area (Å²) in [5.41, 5.74) is -1.58. The number of likely N-dealkylation sites (N-methyl/N-ethyl adjacent to an activating group) is 1. The van der Waals surface area contributed by atoms with Crippen molar-refractivity contribution in [2.24, 2.45) is 0 Å². The van der Waals surface area contributed by atoms with Gasteiger partial charge < -0.3 is 30.2 Å². The first-order valence-electron chi connectivity index (χ1n) is 10.7. The molecule has 0 saturated carbocycles. The summed E-state index contributed by atoms with van der Waals surface area (Å²) in [5.74, 6) is -4.27. The molecule has 1 aromatic carbocycles. The summed E-state index contributed by atoms with van der Waals surface area (Å²) in [4.78, 5) is 34.1. The Hall–Kier alpha value is -3.94. The quantitative estimate of drug-likeness (QED) is 0.454. The van der Waals surface area contributed by atoms with Crippen LogP contribution in [0.5, 0.6) is 11.5 Å². The van der Waals surface area contributed by atoms with Crippen molar-refractivity contribution in [3.05, 3.63) is 47.8 Å². The SMILES string of the molecule is CN1CCN(C(=O)CNC(=O)Nc2cc(F)c(Oc3ccnc4[nH]cc(C(F)(F)F)c34)c(F)c2)CC1. The summed E-state index contributed by atoms with van der Waals surface area (Å²) in [6.07, 6.45) is -2.96. The summed E-state index contributed by atoms with van der Waals surface area (Å²) in [7, 11) is 1.93. The highest BCUT2D eigenvalue weighted by molar-refractivity contribution is 5.92. The molecule has 9 nitrogen and oxygen atoms in total. The zero-order chi connectivity index (χ0) is 26.0. The third-order valence-electron chi connectivity index (χ3n) is 5.57. The van der Waals surface area contributed by atoms with Gasteiger partial charge in [-0.15, -0.1) is 0 Å². The van der Waals surface area contributed by atoms with Crippen LogP contribution in [0, 0.1) is 11.6 Å². The summed E-state index contributed by atoms with van der Waals surface area (Å²) in [6, 6.07) is 1.64. The molecule has 3 N–H and O–H groups in total. The number of fused-ring (bicyclic) bond motifs is 1. The van der Waals surface area contributed by atoms with E-state index in [1.165, 1.54) is 0 Å². The number of alkyl halides is 3. The largest absolute Gasteiger partial charge is 0.450 e. The van der Waals surface area contributed by atoms with Gasteiger partial charge in [0.1, 0.15) is 11.4 Å². The van der Waals surface area contributed by atoms with E-state index >= 15 is 0 Å². The fourth-order valence-corrected chi connectivity index (χ4v) is 3.67. The molecule has 14 heteroatoms. The molecule has 4 rings (SSSR count). The van der Waals surface area contributed by atoms with Crippen molar-refractivity contribution in [2.75, 3.05) is 45.1 Å². The van der Waals surface area contributed by atoms with Gasteiger partial charge in [-0.25, -0.2) is 18.6 Å². The van der Waals surface area contributed by atoms with Gasteiger partial charge in [0.15, 0.2) is 17.4 Å². The van der Waals surface area contributed by atoms with E-state index in [1.54, 1.807) is 4.90 Å². The van der Waals surface area contributed by atoms with E-state index in [0.29, 0.717) is 32.4 Å². The van der Waals surface area contributed by atoms with Crippen molar-refractivity contribution in [3.8, 4) is 11.5 Å². The fraction of sp³-hybridized carbons (Fsp3) is 0.318. The normalized spacial score (nSPS) is 14.7. The number of ether oxygens (including phenoxy) is 1. The van der Waals surface area contributed by atoms with Crippen LogP contribution in [0.3, 0.4) is 0 Å². The monoisotopic (exact) mass is 512 g/mol. The number of rotatable bonds is 5. The van der Waals surface area contributed by atoms with Crippen LogP contribution in [0.2, 0.25) is 0 Å². The Balaban J connectivity index is 1.44. The molecule has 192 valence electrons. The molecule has 3 amide bonds. The number of piperazine rings is 1. The first kappa shape index (κ1) is 25.2. The van der Waals surface area contributed by atoms with Gasteiger partial charge in [0.2, 0.25) is 5.91 Å². The topological polar surface area (TPSA) is 103 Å². The molecule has 1 aliphatic rings. The lowest BCUT2D eigenvalue weighted by Gasteiger charge is -2.32. The van der Waals surface area contributed by atoms with Gasteiger partial charge in [0, 0.05) is 56.4 Å². The molecule has 0 spiro atoms. The maximum Gasteiger partial charge on any atom is 0.418 e. The van der Waals surface area contributed by atoms with Crippen molar-refractivity contribution in [3.63, 3.8) is 0 Å². The highest BCUT2D eigenvalue weighted by Gasteiger charge is 2.35. The highest BCUT2D eigenvalue weighted by Crippen LogP contribution is 2.40. The Bertz CT molecular complexity index is 1260. The van der Waals surface area contributed by atoms with Gasteiger partial charge in [0.25, 0.3) is 0 Å². The zero-order valence-corrected chi connectivity index (χ0v) is 18.9. The fourth-order valence-electron chi connectivity index (χ4n) is 3.67. The number of amides is 3. The van der Waals surface area contributed by atoms with Gasteiger partial charge in [-0.05, 0) is 13.1 Å². The molecule has 3 heterocycles. The molecular weight excluding hydrogens is 491 g/mol. The number of pyridine rings is 1. The highest BCUT2D eigenvalue weighted by atomic mass is 19.4. The van der Waals surface area contributed by atoms with E-state index in [-0.39, 0.29) is 23.8 Å². The smallest absolute Gasteiger partial charge is 0.418 e. The number of hydrogen-bond donors (Lipinski definition) is 3. The van der Waals surface area contributed by atoms with Crippen LogP contribution in [0.1, 0.15) is 5.56 Å². The first-order valence-corrected chi connectivity index (χ1v) is 10.7. The molecule has 36 heavy (non-hydrogen) atoms. The maximum atomic E-state index is 14.6. The number of aromatic nitrogens is 2. The standard InChI is InChI=1S/C22H21F5N6O3/c1-32-4-6-33(7-5-32)17(34)11-30-21(35)31-12-8-14(23)19(15(24)9-12)36-16-2-3-28-20-18(16)13(10-29-20)22(25,26)27/h2-3,8-10H,4-7,11H2,1H3,(H,28,29)(H2,30,31,35). The van der Waals surface area contributed by atoms with E-state index < -0.39 is 46.3 Å². The number of hydrogen-bond acceptors (Lipinski definition) is 5. The number of H-pyrrole nitrogens is 1. The van der Waals surface area contributed by atoms with Gasteiger partial charge in [-0.1, -0.05) is 0 Å². The van der Waals surface area contributed by atoms with E-state index in [4.69, 9.17) is 4.74 Å². The van der Waals surface area contributed by atoms with E-state index in [2.05, 4.69) is 25.5 Å². The van der Waals surface area contributed by atoms with E-state index in [9.17, 15) is 31.5 Å². The van der Waals surface area contributed by atoms with Crippen LogP contribution in [0.4, 0.5) is 32.4 Å². The van der Waals surface area contributed by atoms with Crippen molar-refractivity contribution < 1.29 is 36.3 Å². The molecular formula is C22H21F5N6O3. The lowest BCUT2D eigenvalue weighted by atomic mass is 10.2. The van der Waals surface area contributed by atoms with Crippen LogP contribution >= 0.6 is 0 Å². The average Bonchev–Trinajstić information content (AvgIpc) is 3.26. The van der Waals surface area contributed by atoms with E-state index in [0.717, 1.165) is 24.4 Å². The Morgan fingerprint density at radius 1 is 1.14 bits per heavy atom. The molecule has 0 radical (unpaired) electrons. The Morgan fingerprint density at radius 2 is 1.81 bits per heavy atom. The predicted octanol–water partition coefficient (Wildman–Crippen LogP) is 3.55. The summed E-state index contributed by atoms with van der Waals surface area (Å²) in [6.45, 7) is 2.15. The number of carbonyl (C=O) groups is 2. The minimum Gasteiger partial charge on any atom is -0.450 e. The lowest BCUT2D eigenvalue weighted by Crippen LogP contribution is -2.50. The van der Waals surface area contributed by atoms with Crippen molar-refractivity contribution in [2.45, 2.75) is 6.18 Å². The third-order valence-corrected chi connectivity index (χ3v) is 5.57. The number of carbonyl (C=O) groups excluding carboxylic acids is 2. The summed E-state index contributed by atoms with van der Waals surface area (Å²) in [5, 5.41) is 4.04. The molecule has 3 aromatic rings. The Labute approximate surface area is 201 Å². The van der Waals surface area contributed by atoms with Crippen molar-refractivity contribution in [1.82, 2.24) is 25.1 Å². The summed E-state index contributed by atoms with van der Waals surface area (Å²) >= 11 is 0. The second kappa shape index (κ2) is 9.97. The average molecular weight is 512 g/mol. The van der Waals surface area contributed by atoms with Gasteiger partial charge in [-0.3, -0.25) is 4.79 Å². The van der Waals surface area contributed by atoms with Gasteiger partial charge >= 0.3 is 12.2 Å². The first-order chi connectivity index (χ1) is 17.0. The molecule has 0 atom stereocenters. The second-order valence-electron chi connectivity index (χ2n) is 8.10. The van der Waals surface area contributed by atoms with Crippen LogP contribution in [0.25, 0.3) is 11.0 Å².